The summed E-state index contributed by atoms with van der Waals surface area (Å²) in [4.78, 5) is 27.2. The Bertz CT molecular complexity index is 979. The van der Waals surface area contributed by atoms with E-state index in [1.807, 2.05) is 10.9 Å². The van der Waals surface area contributed by atoms with E-state index in [1.54, 1.807) is 0 Å². The van der Waals surface area contributed by atoms with Crippen LogP contribution in [0.25, 0.3) is 0 Å². The molecular weight excluding hydrogens is 652 g/mol. The fraction of sp³-hybridized carbons (Fsp3) is 0.907. The molecule has 9 heteroatoms. The smallest absolute Gasteiger partial charge is 0.306 e. The molecule has 0 saturated heterocycles. The third kappa shape index (κ3) is 29.5. The predicted octanol–water partition coefficient (Wildman–Crippen LogP) is 11.2. The van der Waals surface area contributed by atoms with Crippen molar-refractivity contribution in [1.29, 1.82) is 0 Å². The summed E-state index contributed by atoms with van der Waals surface area (Å²) in [5, 5.41) is 8.62. The number of rotatable bonds is 36. The number of nitrogens with zero attached hydrogens (tertiary/aromatic N) is 4. The zero-order valence-corrected chi connectivity index (χ0v) is 34.9. The Morgan fingerprint density at radius 3 is 1.87 bits per heavy atom. The van der Waals surface area contributed by atoms with Gasteiger partial charge >= 0.3 is 11.9 Å². The highest BCUT2D eigenvalue weighted by molar-refractivity contribution is 5.69. The second-order valence-corrected chi connectivity index (χ2v) is 16.0. The van der Waals surface area contributed by atoms with Crippen LogP contribution in [0.4, 0.5) is 0 Å². The molecule has 0 aliphatic carbocycles. The minimum Gasteiger partial charge on any atom is -0.466 e. The van der Waals surface area contributed by atoms with Crippen molar-refractivity contribution >= 4 is 11.9 Å². The van der Waals surface area contributed by atoms with Crippen LogP contribution in [0.3, 0.4) is 0 Å². The van der Waals surface area contributed by atoms with Crippen molar-refractivity contribution in [2.75, 3.05) is 26.2 Å². The normalized spacial score (nSPS) is 12.4. The summed E-state index contributed by atoms with van der Waals surface area (Å²) in [6.45, 7) is 17.9. The van der Waals surface area contributed by atoms with Crippen molar-refractivity contribution in [2.45, 2.75) is 227 Å². The van der Waals surface area contributed by atoms with Crippen molar-refractivity contribution in [2.24, 2.45) is 0 Å². The lowest BCUT2D eigenvalue weighted by Crippen LogP contribution is -2.28. The minimum atomic E-state index is -0.194. The second kappa shape index (κ2) is 32.4. The first kappa shape index (κ1) is 48.0. The van der Waals surface area contributed by atoms with Gasteiger partial charge in [-0.25, -0.2) is 0 Å². The monoisotopic (exact) mass is 735 g/mol. The van der Waals surface area contributed by atoms with E-state index in [2.05, 4.69) is 56.8 Å². The number of hydrogen-bond donors (Lipinski definition) is 0. The summed E-state index contributed by atoms with van der Waals surface area (Å²) in [6, 6.07) is 0. The van der Waals surface area contributed by atoms with Crippen LogP contribution in [0.5, 0.6) is 0 Å². The van der Waals surface area contributed by atoms with Gasteiger partial charge in [0.15, 0.2) is 0 Å². The maximum atomic E-state index is 12.5. The van der Waals surface area contributed by atoms with Crippen LogP contribution in [-0.4, -0.2) is 69.8 Å². The van der Waals surface area contributed by atoms with Crippen molar-refractivity contribution in [1.82, 2.24) is 19.9 Å². The van der Waals surface area contributed by atoms with Gasteiger partial charge in [-0.05, 0) is 98.2 Å². The Morgan fingerprint density at radius 1 is 0.673 bits per heavy atom. The van der Waals surface area contributed by atoms with Gasteiger partial charge in [-0.3, -0.25) is 14.3 Å². The van der Waals surface area contributed by atoms with Crippen LogP contribution in [-0.2, 0) is 37.0 Å². The molecule has 0 bridgehead atoms. The Balaban J connectivity index is 2.36. The van der Waals surface area contributed by atoms with Crippen molar-refractivity contribution in [3.05, 3.63) is 11.9 Å². The SMILES string of the molecule is CCCCCCCOC(=O)CCCCCCCN(CCCCCCCC(=O)OC(CCCC)CCCCC)CCCn1cc(COC(C)(C)C)nn1. The Kier molecular flexibility index (Phi) is 29.9. The number of carbonyl (C=O) groups excluding carboxylic acids is 2. The van der Waals surface area contributed by atoms with Crippen LogP contribution in [0.2, 0.25) is 0 Å². The summed E-state index contributed by atoms with van der Waals surface area (Å²) in [7, 11) is 0. The fourth-order valence-electron chi connectivity index (χ4n) is 6.39. The van der Waals surface area contributed by atoms with Gasteiger partial charge < -0.3 is 19.1 Å². The van der Waals surface area contributed by atoms with E-state index in [4.69, 9.17) is 14.2 Å². The van der Waals surface area contributed by atoms with Gasteiger partial charge in [0.25, 0.3) is 0 Å². The van der Waals surface area contributed by atoms with E-state index in [0.29, 0.717) is 26.1 Å². The van der Waals surface area contributed by atoms with Gasteiger partial charge in [0.05, 0.1) is 25.0 Å². The molecule has 0 aliphatic heterocycles. The first-order valence-electron chi connectivity index (χ1n) is 21.8. The molecule has 1 aromatic rings. The molecule has 9 nitrogen and oxygen atoms in total. The highest BCUT2D eigenvalue weighted by Crippen LogP contribution is 2.16. The highest BCUT2D eigenvalue weighted by atomic mass is 16.5. The van der Waals surface area contributed by atoms with Crippen LogP contribution >= 0.6 is 0 Å². The molecule has 0 fully saturated rings. The zero-order chi connectivity index (χ0) is 38.1. The second-order valence-electron chi connectivity index (χ2n) is 16.0. The quantitative estimate of drug-likeness (QED) is 0.0496. The van der Waals surface area contributed by atoms with Gasteiger partial charge in [-0.2, -0.15) is 0 Å². The number of aryl methyl sites for hydroxylation is 1. The Hall–Kier alpha value is -2.00. The lowest BCUT2D eigenvalue weighted by atomic mass is 10.1. The van der Waals surface area contributed by atoms with Crippen LogP contribution < -0.4 is 0 Å². The lowest BCUT2D eigenvalue weighted by Gasteiger charge is -2.22. The predicted molar refractivity (Wildman–Crippen MR) is 214 cm³/mol. The maximum absolute atomic E-state index is 12.5. The van der Waals surface area contributed by atoms with E-state index in [0.717, 1.165) is 122 Å². The summed E-state index contributed by atoms with van der Waals surface area (Å²) >= 11 is 0. The molecule has 52 heavy (non-hydrogen) atoms. The number of carbonyl (C=O) groups is 2. The summed E-state index contributed by atoms with van der Waals surface area (Å²) < 4.78 is 19.1. The van der Waals surface area contributed by atoms with Crippen molar-refractivity contribution in [3.8, 4) is 0 Å². The molecule has 0 amide bonds. The average molecular weight is 735 g/mol. The average Bonchev–Trinajstić information content (AvgIpc) is 3.57. The number of unbranched alkanes of at least 4 members (excludes halogenated alkanes) is 15. The number of aromatic nitrogens is 3. The lowest BCUT2D eigenvalue weighted by molar-refractivity contribution is -0.150. The topological polar surface area (TPSA) is 95.8 Å². The van der Waals surface area contributed by atoms with E-state index in [1.165, 1.54) is 57.8 Å². The molecule has 1 unspecified atom stereocenters. The summed E-state index contributed by atoms with van der Waals surface area (Å²) in [5.41, 5.74) is 0.680. The van der Waals surface area contributed by atoms with Gasteiger partial charge in [0.1, 0.15) is 11.8 Å². The third-order valence-corrected chi connectivity index (χ3v) is 9.63. The molecular formula is C43H82N4O5. The summed E-state index contributed by atoms with van der Waals surface area (Å²) in [5.74, 6) is -0.0326. The first-order chi connectivity index (χ1) is 25.2. The fourth-order valence-corrected chi connectivity index (χ4v) is 6.39. The molecule has 1 aromatic heterocycles. The van der Waals surface area contributed by atoms with E-state index >= 15 is 0 Å². The van der Waals surface area contributed by atoms with E-state index in [9.17, 15) is 9.59 Å². The van der Waals surface area contributed by atoms with Gasteiger partial charge in [-0.1, -0.05) is 116 Å². The molecule has 1 heterocycles. The van der Waals surface area contributed by atoms with Crippen molar-refractivity contribution in [3.63, 3.8) is 0 Å². The van der Waals surface area contributed by atoms with E-state index < -0.39 is 0 Å². The minimum absolute atomic E-state index is 0.00175. The molecule has 0 spiro atoms. The molecule has 1 atom stereocenters. The molecule has 0 aliphatic rings. The zero-order valence-electron chi connectivity index (χ0n) is 34.9. The molecule has 1 rings (SSSR count). The van der Waals surface area contributed by atoms with Crippen LogP contribution in [0, 0.1) is 0 Å². The standard InChI is InChI=1S/C43H82N4O5/c1-7-10-13-20-26-36-50-41(48)30-22-16-14-18-24-32-46(34-27-35-47-37-39(44-45-47)38-51-43(4,5)6)33-25-19-15-17-23-31-42(49)52-40(28-12-9-3)29-21-11-8-2/h37,40H,7-36,38H2,1-6H3. The first-order valence-corrected chi connectivity index (χ1v) is 21.8. The number of ether oxygens (including phenoxy) is 3. The Labute approximate surface area is 320 Å². The molecule has 304 valence electrons. The van der Waals surface area contributed by atoms with Gasteiger partial charge in [0, 0.05) is 19.4 Å². The number of esters is 2. The molecule has 0 N–H and O–H groups in total. The highest BCUT2D eigenvalue weighted by Gasteiger charge is 2.15. The molecule has 0 aromatic carbocycles. The van der Waals surface area contributed by atoms with Crippen LogP contribution in [0.15, 0.2) is 6.20 Å². The van der Waals surface area contributed by atoms with Crippen molar-refractivity contribution < 1.29 is 23.8 Å². The van der Waals surface area contributed by atoms with E-state index in [-0.39, 0.29) is 23.6 Å². The summed E-state index contributed by atoms with van der Waals surface area (Å²) in [6.07, 6.45) is 29.1. The van der Waals surface area contributed by atoms with Crippen LogP contribution in [0.1, 0.15) is 208 Å². The molecule has 0 radical (unpaired) electrons. The number of hydrogen-bond acceptors (Lipinski definition) is 8. The third-order valence-electron chi connectivity index (χ3n) is 9.63. The Morgan fingerprint density at radius 2 is 1.21 bits per heavy atom. The van der Waals surface area contributed by atoms with Gasteiger partial charge in [-0.15, -0.1) is 5.10 Å². The molecule has 0 saturated carbocycles. The largest absolute Gasteiger partial charge is 0.466 e. The maximum Gasteiger partial charge on any atom is 0.306 e. The van der Waals surface area contributed by atoms with Gasteiger partial charge in [0.2, 0.25) is 0 Å².